The highest BCUT2D eigenvalue weighted by Crippen LogP contribution is 2.30. The number of rotatable bonds is 7. The highest BCUT2D eigenvalue weighted by atomic mass is 16.3. The number of aliphatic hydroxyl groups is 1. The second-order valence-corrected chi connectivity index (χ2v) is 6.67. The molecule has 2 saturated carbocycles. The van der Waals surface area contributed by atoms with E-state index in [9.17, 15) is 9.90 Å². The molecule has 0 spiro atoms. The van der Waals surface area contributed by atoms with Crippen LogP contribution in [-0.4, -0.2) is 47.2 Å². The summed E-state index contributed by atoms with van der Waals surface area (Å²) in [4.78, 5) is 14.4. The molecular weight excluding hydrogens is 240 g/mol. The Morgan fingerprint density at radius 1 is 1.37 bits per heavy atom. The largest absolute Gasteiger partial charge is 0.394 e. The van der Waals surface area contributed by atoms with Crippen molar-refractivity contribution in [2.75, 3.05) is 19.7 Å². The lowest BCUT2D eigenvalue weighted by atomic mass is 9.99. The molecule has 0 aliphatic heterocycles. The Bertz CT molecular complexity index is 307. The molecule has 0 aromatic rings. The standard InChI is InChI=1S/C15H28N2O2/c1-12(2)10-17(13-5-6-13)14(19)9-16-15(11-18)7-3-4-8-15/h12-13,16,18H,3-11H2,1-2H3. The summed E-state index contributed by atoms with van der Waals surface area (Å²) in [6, 6.07) is 0.477. The second-order valence-electron chi connectivity index (χ2n) is 6.67. The van der Waals surface area contributed by atoms with Gasteiger partial charge in [-0.2, -0.15) is 0 Å². The van der Waals surface area contributed by atoms with Crippen LogP contribution in [0.5, 0.6) is 0 Å². The minimum atomic E-state index is -0.192. The molecule has 2 aliphatic rings. The lowest BCUT2D eigenvalue weighted by Gasteiger charge is -2.30. The van der Waals surface area contributed by atoms with E-state index in [4.69, 9.17) is 0 Å². The van der Waals surface area contributed by atoms with Gasteiger partial charge in [0.1, 0.15) is 0 Å². The van der Waals surface area contributed by atoms with E-state index in [1.54, 1.807) is 0 Å². The Kier molecular flexibility index (Phi) is 4.85. The first-order valence-electron chi connectivity index (χ1n) is 7.72. The lowest BCUT2D eigenvalue weighted by molar-refractivity contribution is -0.131. The summed E-state index contributed by atoms with van der Waals surface area (Å²) in [6.07, 6.45) is 6.60. The number of amides is 1. The average Bonchev–Trinajstić information content (AvgIpc) is 3.12. The molecule has 2 fully saturated rings. The van der Waals surface area contributed by atoms with Crippen molar-refractivity contribution in [2.45, 2.75) is 64.0 Å². The molecule has 19 heavy (non-hydrogen) atoms. The Balaban J connectivity index is 1.84. The molecule has 0 aromatic heterocycles. The van der Waals surface area contributed by atoms with Crippen molar-refractivity contribution >= 4 is 5.91 Å². The molecule has 0 unspecified atom stereocenters. The number of hydrogen-bond donors (Lipinski definition) is 2. The summed E-state index contributed by atoms with van der Waals surface area (Å²) in [6.45, 7) is 5.69. The topological polar surface area (TPSA) is 52.6 Å². The van der Waals surface area contributed by atoms with Gasteiger partial charge in [-0.05, 0) is 31.6 Å². The first-order chi connectivity index (χ1) is 9.06. The van der Waals surface area contributed by atoms with Gasteiger partial charge in [-0.3, -0.25) is 4.79 Å². The maximum atomic E-state index is 12.4. The first-order valence-corrected chi connectivity index (χ1v) is 7.72. The molecule has 0 radical (unpaired) electrons. The predicted molar refractivity (Wildman–Crippen MR) is 75.9 cm³/mol. The third-order valence-electron chi connectivity index (χ3n) is 4.35. The Labute approximate surface area is 116 Å². The fourth-order valence-electron chi connectivity index (χ4n) is 3.04. The van der Waals surface area contributed by atoms with E-state index in [-0.39, 0.29) is 18.1 Å². The molecule has 0 aromatic carbocycles. The summed E-state index contributed by atoms with van der Waals surface area (Å²) in [5, 5.41) is 12.9. The SMILES string of the molecule is CC(C)CN(C(=O)CNC1(CO)CCCC1)C1CC1. The van der Waals surface area contributed by atoms with Crippen LogP contribution in [0.3, 0.4) is 0 Å². The molecule has 0 bridgehead atoms. The van der Waals surface area contributed by atoms with Gasteiger partial charge in [0, 0.05) is 18.1 Å². The van der Waals surface area contributed by atoms with Crippen LogP contribution in [0.15, 0.2) is 0 Å². The number of nitrogens with zero attached hydrogens (tertiary/aromatic N) is 1. The minimum Gasteiger partial charge on any atom is -0.394 e. The molecule has 2 N–H and O–H groups in total. The van der Waals surface area contributed by atoms with Gasteiger partial charge in [0.15, 0.2) is 0 Å². The highest BCUT2D eigenvalue weighted by molar-refractivity contribution is 5.79. The fraction of sp³-hybridized carbons (Fsp3) is 0.933. The van der Waals surface area contributed by atoms with Crippen LogP contribution in [0.2, 0.25) is 0 Å². The van der Waals surface area contributed by atoms with E-state index in [1.807, 2.05) is 4.90 Å². The van der Waals surface area contributed by atoms with Crippen molar-refractivity contribution in [2.24, 2.45) is 5.92 Å². The number of aliphatic hydroxyl groups excluding tert-OH is 1. The summed E-state index contributed by atoms with van der Waals surface area (Å²) >= 11 is 0. The van der Waals surface area contributed by atoms with E-state index < -0.39 is 0 Å². The summed E-state index contributed by atoms with van der Waals surface area (Å²) in [7, 11) is 0. The molecule has 1 amide bonds. The number of carbonyl (C=O) groups is 1. The van der Waals surface area contributed by atoms with Gasteiger partial charge in [0.05, 0.1) is 13.2 Å². The van der Waals surface area contributed by atoms with E-state index in [0.29, 0.717) is 18.5 Å². The van der Waals surface area contributed by atoms with Crippen molar-refractivity contribution in [3.05, 3.63) is 0 Å². The van der Waals surface area contributed by atoms with Crippen molar-refractivity contribution in [3.63, 3.8) is 0 Å². The average molecular weight is 268 g/mol. The van der Waals surface area contributed by atoms with Gasteiger partial charge in [-0.15, -0.1) is 0 Å². The van der Waals surface area contributed by atoms with Crippen molar-refractivity contribution in [3.8, 4) is 0 Å². The number of nitrogens with one attached hydrogen (secondary N) is 1. The third kappa shape index (κ3) is 3.93. The molecule has 4 nitrogen and oxygen atoms in total. The maximum Gasteiger partial charge on any atom is 0.236 e. The van der Waals surface area contributed by atoms with Crippen LogP contribution in [0.25, 0.3) is 0 Å². The predicted octanol–water partition coefficient (Wildman–Crippen LogP) is 1.53. The van der Waals surface area contributed by atoms with Gasteiger partial charge in [0.2, 0.25) is 5.91 Å². The number of carbonyl (C=O) groups excluding carboxylic acids is 1. The van der Waals surface area contributed by atoms with Crippen molar-refractivity contribution < 1.29 is 9.90 Å². The summed E-state index contributed by atoms with van der Waals surface area (Å²) in [5.74, 6) is 0.721. The van der Waals surface area contributed by atoms with Crippen LogP contribution in [0, 0.1) is 5.92 Å². The fourth-order valence-corrected chi connectivity index (χ4v) is 3.04. The summed E-state index contributed by atoms with van der Waals surface area (Å²) < 4.78 is 0. The Morgan fingerprint density at radius 3 is 2.47 bits per heavy atom. The summed E-state index contributed by atoms with van der Waals surface area (Å²) in [5.41, 5.74) is -0.192. The maximum absolute atomic E-state index is 12.4. The second kappa shape index (κ2) is 6.23. The zero-order valence-electron chi connectivity index (χ0n) is 12.3. The molecule has 0 atom stereocenters. The molecule has 4 heteroatoms. The van der Waals surface area contributed by atoms with Gasteiger partial charge in [-0.25, -0.2) is 0 Å². The molecule has 0 saturated heterocycles. The van der Waals surface area contributed by atoms with Crippen LogP contribution in [-0.2, 0) is 4.79 Å². The zero-order chi connectivity index (χ0) is 13.9. The molecular formula is C15H28N2O2. The molecule has 110 valence electrons. The number of hydrogen-bond acceptors (Lipinski definition) is 3. The van der Waals surface area contributed by atoms with E-state index in [1.165, 1.54) is 0 Å². The molecule has 2 rings (SSSR count). The van der Waals surface area contributed by atoms with Gasteiger partial charge in [-0.1, -0.05) is 26.7 Å². The van der Waals surface area contributed by atoms with E-state index >= 15 is 0 Å². The Hall–Kier alpha value is -0.610. The quantitative estimate of drug-likeness (QED) is 0.736. The first kappa shape index (κ1) is 14.8. The van der Waals surface area contributed by atoms with E-state index in [2.05, 4.69) is 19.2 Å². The van der Waals surface area contributed by atoms with Gasteiger partial charge < -0.3 is 15.3 Å². The van der Waals surface area contributed by atoms with Crippen molar-refractivity contribution in [1.29, 1.82) is 0 Å². The van der Waals surface area contributed by atoms with Crippen molar-refractivity contribution in [1.82, 2.24) is 10.2 Å². The molecule has 2 aliphatic carbocycles. The smallest absolute Gasteiger partial charge is 0.236 e. The zero-order valence-corrected chi connectivity index (χ0v) is 12.3. The van der Waals surface area contributed by atoms with Crippen LogP contribution in [0.1, 0.15) is 52.4 Å². The normalized spacial score (nSPS) is 21.9. The van der Waals surface area contributed by atoms with Crippen LogP contribution < -0.4 is 5.32 Å². The van der Waals surface area contributed by atoms with Crippen LogP contribution in [0.4, 0.5) is 0 Å². The highest BCUT2D eigenvalue weighted by Gasteiger charge is 2.36. The third-order valence-corrected chi connectivity index (χ3v) is 4.35. The molecule has 0 heterocycles. The van der Waals surface area contributed by atoms with E-state index in [0.717, 1.165) is 45.1 Å². The van der Waals surface area contributed by atoms with Gasteiger partial charge in [0.25, 0.3) is 0 Å². The van der Waals surface area contributed by atoms with Crippen LogP contribution >= 0.6 is 0 Å². The monoisotopic (exact) mass is 268 g/mol. The minimum absolute atomic E-state index is 0.147. The lowest BCUT2D eigenvalue weighted by Crippen LogP contribution is -2.51. The Morgan fingerprint density at radius 2 is 2.00 bits per heavy atom. The van der Waals surface area contributed by atoms with Gasteiger partial charge >= 0.3 is 0 Å².